The van der Waals surface area contributed by atoms with E-state index in [4.69, 9.17) is 4.98 Å². The Hall–Kier alpha value is -2.66. The van der Waals surface area contributed by atoms with E-state index in [-0.39, 0.29) is 0 Å². The average Bonchev–Trinajstić information content (AvgIpc) is 3.22. The van der Waals surface area contributed by atoms with Gasteiger partial charge in [0, 0.05) is 25.4 Å². The van der Waals surface area contributed by atoms with Crippen LogP contribution in [0.3, 0.4) is 0 Å². The van der Waals surface area contributed by atoms with Gasteiger partial charge in [-0.2, -0.15) is 5.10 Å². The number of anilines is 1. The van der Waals surface area contributed by atoms with Crippen LogP contribution in [0.25, 0.3) is 15.9 Å². The third-order valence-electron chi connectivity index (χ3n) is 3.69. The lowest BCUT2D eigenvalue weighted by Gasteiger charge is -2.13. The van der Waals surface area contributed by atoms with Gasteiger partial charge >= 0.3 is 0 Å². The second-order valence-corrected chi connectivity index (χ2v) is 6.46. The summed E-state index contributed by atoms with van der Waals surface area (Å²) in [6.45, 7) is 0.784. The summed E-state index contributed by atoms with van der Waals surface area (Å²) in [4.78, 5) is 6.85. The maximum Gasteiger partial charge on any atom is 0.186 e. The van der Waals surface area contributed by atoms with Gasteiger partial charge in [-0.1, -0.05) is 41.7 Å². The topological polar surface area (TPSA) is 34.0 Å². The van der Waals surface area contributed by atoms with E-state index in [0.717, 1.165) is 28.4 Å². The van der Waals surface area contributed by atoms with Crippen molar-refractivity contribution in [2.24, 2.45) is 0 Å². The molecule has 4 nitrogen and oxygen atoms in total. The quantitative estimate of drug-likeness (QED) is 0.567. The van der Waals surface area contributed by atoms with Gasteiger partial charge in [-0.25, -0.2) is 9.67 Å². The van der Waals surface area contributed by atoms with Crippen LogP contribution in [0.2, 0.25) is 0 Å². The first-order valence-electron chi connectivity index (χ1n) is 7.45. The molecule has 0 aliphatic rings. The average molecular weight is 320 g/mol. The zero-order chi connectivity index (χ0) is 15.6. The normalized spacial score (nSPS) is 11.0. The highest BCUT2D eigenvalue weighted by Crippen LogP contribution is 2.28. The summed E-state index contributed by atoms with van der Waals surface area (Å²) >= 11 is 1.72. The minimum atomic E-state index is 0.784. The van der Waals surface area contributed by atoms with Gasteiger partial charge in [-0.15, -0.1) is 0 Å². The molecule has 0 unspecified atom stereocenters. The van der Waals surface area contributed by atoms with Crippen molar-refractivity contribution in [1.29, 1.82) is 0 Å². The van der Waals surface area contributed by atoms with E-state index < -0.39 is 0 Å². The van der Waals surface area contributed by atoms with Crippen molar-refractivity contribution in [3.63, 3.8) is 0 Å². The van der Waals surface area contributed by atoms with Crippen LogP contribution in [-0.2, 0) is 6.54 Å². The van der Waals surface area contributed by atoms with Crippen LogP contribution in [0.15, 0.2) is 67.0 Å². The maximum absolute atomic E-state index is 4.69. The molecule has 4 rings (SSSR count). The van der Waals surface area contributed by atoms with E-state index in [9.17, 15) is 0 Å². The zero-order valence-electron chi connectivity index (χ0n) is 12.8. The summed E-state index contributed by atoms with van der Waals surface area (Å²) in [5.74, 6) is 0. The highest BCUT2D eigenvalue weighted by atomic mass is 32.1. The van der Waals surface area contributed by atoms with Crippen LogP contribution in [0, 0.1) is 0 Å². The molecule has 114 valence electrons. The number of nitrogens with zero attached hydrogens (tertiary/aromatic N) is 4. The molecule has 23 heavy (non-hydrogen) atoms. The lowest BCUT2D eigenvalue weighted by molar-refractivity contribution is 0.877. The molecule has 2 aromatic carbocycles. The smallest absolute Gasteiger partial charge is 0.186 e. The first-order chi connectivity index (χ1) is 11.3. The highest BCUT2D eigenvalue weighted by molar-refractivity contribution is 7.22. The van der Waals surface area contributed by atoms with Crippen molar-refractivity contribution in [3.05, 3.63) is 72.6 Å². The number of aromatic nitrogens is 3. The van der Waals surface area contributed by atoms with Gasteiger partial charge < -0.3 is 4.90 Å². The molecule has 0 aliphatic heterocycles. The van der Waals surface area contributed by atoms with Crippen molar-refractivity contribution in [3.8, 4) is 5.69 Å². The highest BCUT2D eigenvalue weighted by Gasteiger charge is 2.10. The standard InChI is InChI=1S/C18H16N4S/c1-21(18-20-16-9-5-6-10-17(16)23-18)12-14-11-19-22(13-14)15-7-3-2-4-8-15/h2-11,13H,12H2,1H3. The van der Waals surface area contributed by atoms with Crippen LogP contribution < -0.4 is 4.90 Å². The molecule has 0 aliphatic carbocycles. The van der Waals surface area contributed by atoms with Gasteiger partial charge in [-0.05, 0) is 24.3 Å². The van der Waals surface area contributed by atoms with E-state index in [1.54, 1.807) is 11.3 Å². The van der Waals surface area contributed by atoms with Crippen LogP contribution >= 0.6 is 11.3 Å². The van der Waals surface area contributed by atoms with Gasteiger partial charge in [0.1, 0.15) is 0 Å². The molecule has 0 radical (unpaired) electrons. The fourth-order valence-corrected chi connectivity index (χ4v) is 3.45. The molecule has 0 saturated carbocycles. The number of fused-ring (bicyclic) bond motifs is 1. The van der Waals surface area contributed by atoms with Crippen molar-refractivity contribution >= 4 is 26.7 Å². The molecule has 0 amide bonds. The second-order valence-electron chi connectivity index (χ2n) is 5.45. The van der Waals surface area contributed by atoms with Gasteiger partial charge in [-0.3, -0.25) is 0 Å². The summed E-state index contributed by atoms with van der Waals surface area (Å²) in [5, 5.41) is 5.48. The number of benzene rings is 2. The molecule has 0 spiro atoms. The Balaban J connectivity index is 1.54. The second kappa shape index (κ2) is 5.85. The van der Waals surface area contributed by atoms with Crippen LogP contribution in [-0.4, -0.2) is 21.8 Å². The van der Waals surface area contributed by atoms with E-state index in [1.165, 1.54) is 4.70 Å². The molecular formula is C18H16N4S. The van der Waals surface area contributed by atoms with Gasteiger partial charge in [0.25, 0.3) is 0 Å². The third-order valence-corrected chi connectivity index (χ3v) is 4.84. The summed E-state index contributed by atoms with van der Waals surface area (Å²) in [6, 6.07) is 18.4. The Morgan fingerprint density at radius 2 is 1.83 bits per heavy atom. The first-order valence-corrected chi connectivity index (χ1v) is 8.27. The summed E-state index contributed by atoms with van der Waals surface area (Å²) in [5.41, 5.74) is 3.29. The number of hydrogen-bond acceptors (Lipinski definition) is 4. The number of hydrogen-bond donors (Lipinski definition) is 0. The van der Waals surface area contributed by atoms with Crippen molar-refractivity contribution in [1.82, 2.24) is 14.8 Å². The SMILES string of the molecule is CN(Cc1cnn(-c2ccccc2)c1)c1nc2ccccc2s1. The minimum absolute atomic E-state index is 0.784. The van der Waals surface area contributed by atoms with E-state index >= 15 is 0 Å². The Labute approximate surface area is 138 Å². The summed E-state index contributed by atoms with van der Waals surface area (Å²) in [6.07, 6.45) is 3.98. The molecule has 2 aromatic heterocycles. The lowest BCUT2D eigenvalue weighted by atomic mass is 10.3. The fourth-order valence-electron chi connectivity index (χ4n) is 2.53. The fraction of sp³-hybridized carbons (Fsp3) is 0.111. The molecule has 0 bridgehead atoms. The number of para-hydroxylation sites is 2. The van der Waals surface area contributed by atoms with Crippen LogP contribution in [0.1, 0.15) is 5.56 Å². The van der Waals surface area contributed by atoms with Gasteiger partial charge in [0.2, 0.25) is 0 Å². The molecular weight excluding hydrogens is 304 g/mol. The molecule has 0 N–H and O–H groups in total. The molecule has 2 heterocycles. The van der Waals surface area contributed by atoms with Crippen molar-refractivity contribution in [2.75, 3.05) is 11.9 Å². The predicted octanol–water partition coefficient (Wildman–Crippen LogP) is 4.12. The summed E-state index contributed by atoms with van der Waals surface area (Å²) in [7, 11) is 2.07. The Kier molecular flexibility index (Phi) is 3.55. The van der Waals surface area contributed by atoms with E-state index in [1.807, 2.05) is 53.3 Å². The summed E-state index contributed by atoms with van der Waals surface area (Å²) < 4.78 is 3.12. The van der Waals surface area contributed by atoms with E-state index in [0.29, 0.717) is 0 Å². The molecule has 0 saturated heterocycles. The third kappa shape index (κ3) is 2.83. The number of thiazole rings is 1. The van der Waals surface area contributed by atoms with Crippen molar-refractivity contribution in [2.45, 2.75) is 6.54 Å². The Morgan fingerprint density at radius 3 is 2.65 bits per heavy atom. The molecule has 5 heteroatoms. The number of rotatable bonds is 4. The van der Waals surface area contributed by atoms with Crippen molar-refractivity contribution < 1.29 is 0 Å². The maximum atomic E-state index is 4.69. The molecule has 0 fully saturated rings. The Bertz CT molecular complexity index is 893. The zero-order valence-corrected chi connectivity index (χ0v) is 13.6. The lowest BCUT2D eigenvalue weighted by Crippen LogP contribution is -2.15. The monoisotopic (exact) mass is 320 g/mol. The molecule has 0 atom stereocenters. The minimum Gasteiger partial charge on any atom is -0.347 e. The Morgan fingerprint density at radius 1 is 1.04 bits per heavy atom. The van der Waals surface area contributed by atoms with Gasteiger partial charge in [0.05, 0.1) is 22.1 Å². The van der Waals surface area contributed by atoms with E-state index in [2.05, 4.69) is 35.4 Å². The largest absolute Gasteiger partial charge is 0.347 e. The van der Waals surface area contributed by atoms with Crippen LogP contribution in [0.5, 0.6) is 0 Å². The first kappa shape index (κ1) is 14.0. The van der Waals surface area contributed by atoms with Gasteiger partial charge in [0.15, 0.2) is 5.13 Å². The predicted molar refractivity (Wildman–Crippen MR) is 95.3 cm³/mol. The van der Waals surface area contributed by atoms with Crippen LogP contribution in [0.4, 0.5) is 5.13 Å². The molecule has 4 aromatic rings.